The highest BCUT2D eigenvalue weighted by molar-refractivity contribution is 5.75. The number of rotatable bonds is 18. The Bertz CT molecular complexity index is 707. The Morgan fingerprint density at radius 1 is 0.906 bits per heavy atom. The molecule has 2 N–H and O–H groups in total. The normalized spacial score (nSPS) is 11.7. The molecule has 0 aliphatic carbocycles. The van der Waals surface area contributed by atoms with Crippen molar-refractivity contribution in [3.05, 3.63) is 60.2 Å². The summed E-state index contributed by atoms with van der Waals surface area (Å²) >= 11 is 0. The first kappa shape index (κ1) is 27.5. The summed E-state index contributed by atoms with van der Waals surface area (Å²) < 4.78 is 5.09. The number of ether oxygens (including phenoxy) is 1. The highest BCUT2D eigenvalue weighted by Gasteiger charge is 2.05. The first-order chi connectivity index (χ1) is 15.7. The van der Waals surface area contributed by atoms with Crippen LogP contribution in [0.25, 0.3) is 0 Å². The lowest BCUT2D eigenvalue weighted by Gasteiger charge is -2.08. The molecule has 1 aromatic carbocycles. The van der Waals surface area contributed by atoms with Crippen LogP contribution >= 0.6 is 0 Å². The van der Waals surface area contributed by atoms with E-state index in [0.717, 1.165) is 37.7 Å². The van der Waals surface area contributed by atoms with Gasteiger partial charge in [-0.1, -0.05) is 81.6 Å². The number of hydrogen-bond donors (Lipinski definition) is 2. The van der Waals surface area contributed by atoms with Crippen molar-refractivity contribution >= 4 is 5.91 Å². The van der Waals surface area contributed by atoms with Crippen molar-refractivity contribution in [1.29, 1.82) is 0 Å². The highest BCUT2D eigenvalue weighted by atomic mass is 16.5. The minimum absolute atomic E-state index is 0.0797. The highest BCUT2D eigenvalue weighted by Crippen LogP contribution is 2.26. The van der Waals surface area contributed by atoms with Gasteiger partial charge in [0.1, 0.15) is 0 Å². The van der Waals surface area contributed by atoms with E-state index in [4.69, 9.17) is 4.74 Å². The van der Waals surface area contributed by atoms with Crippen LogP contribution in [0.15, 0.2) is 54.7 Å². The van der Waals surface area contributed by atoms with Crippen LogP contribution in [0.4, 0.5) is 0 Å². The van der Waals surface area contributed by atoms with E-state index in [1.165, 1.54) is 45.6 Å². The van der Waals surface area contributed by atoms with Gasteiger partial charge in [0.25, 0.3) is 0 Å². The van der Waals surface area contributed by atoms with Crippen molar-refractivity contribution in [2.45, 2.75) is 90.5 Å². The van der Waals surface area contributed by atoms with Gasteiger partial charge in [-0.3, -0.25) is 4.79 Å². The molecule has 178 valence electrons. The summed E-state index contributed by atoms with van der Waals surface area (Å²) in [4.78, 5) is 12.0. The van der Waals surface area contributed by atoms with E-state index in [0.29, 0.717) is 18.7 Å². The number of nitrogens with one attached hydrogen (secondary N) is 1. The van der Waals surface area contributed by atoms with Gasteiger partial charge in [-0.15, -0.1) is 0 Å². The summed E-state index contributed by atoms with van der Waals surface area (Å²) in [5.41, 5.74) is 0.916. The minimum Gasteiger partial charge on any atom is -0.504 e. The number of phenolic OH excluding ortho intramolecular Hbond substituents is 1. The molecule has 0 aliphatic rings. The molecular formula is C28H43NO3. The molecule has 0 heterocycles. The first-order valence-corrected chi connectivity index (χ1v) is 12.2. The lowest BCUT2D eigenvalue weighted by molar-refractivity contribution is -0.121. The third-order valence-electron chi connectivity index (χ3n) is 5.29. The van der Waals surface area contributed by atoms with Crippen LogP contribution in [0, 0.1) is 0 Å². The molecule has 0 unspecified atom stereocenters. The Balaban J connectivity index is 1.92. The Morgan fingerprint density at radius 2 is 1.53 bits per heavy atom. The number of carbonyl (C=O) groups excluding carboxylic acids is 1. The largest absolute Gasteiger partial charge is 0.504 e. The summed E-state index contributed by atoms with van der Waals surface area (Å²) in [5, 5.41) is 12.5. The second-order valence-electron chi connectivity index (χ2n) is 8.09. The first-order valence-electron chi connectivity index (χ1n) is 12.2. The monoisotopic (exact) mass is 441 g/mol. The molecule has 1 rings (SSSR count). The van der Waals surface area contributed by atoms with Gasteiger partial charge in [-0.05, 0) is 56.2 Å². The van der Waals surface area contributed by atoms with E-state index in [1.807, 2.05) is 0 Å². The maximum atomic E-state index is 12.0. The molecule has 0 aromatic heterocycles. The molecule has 32 heavy (non-hydrogen) atoms. The fourth-order valence-corrected chi connectivity index (χ4v) is 3.38. The fraction of sp³-hybridized carbons (Fsp3) is 0.536. The van der Waals surface area contributed by atoms with Gasteiger partial charge < -0.3 is 15.2 Å². The van der Waals surface area contributed by atoms with E-state index in [1.54, 1.807) is 18.2 Å². The quantitative estimate of drug-likeness (QED) is 0.184. The van der Waals surface area contributed by atoms with Crippen LogP contribution in [0.2, 0.25) is 0 Å². The van der Waals surface area contributed by atoms with Crippen molar-refractivity contribution in [2.75, 3.05) is 7.11 Å². The Hall–Kier alpha value is -2.49. The Morgan fingerprint density at radius 3 is 2.22 bits per heavy atom. The van der Waals surface area contributed by atoms with Gasteiger partial charge >= 0.3 is 0 Å². The molecule has 0 atom stereocenters. The van der Waals surface area contributed by atoms with Crippen LogP contribution in [0.5, 0.6) is 11.5 Å². The average Bonchev–Trinajstić information content (AvgIpc) is 2.80. The number of allylic oxidation sites excluding steroid dienone is 6. The summed E-state index contributed by atoms with van der Waals surface area (Å²) in [5.74, 6) is 0.616. The summed E-state index contributed by atoms with van der Waals surface area (Å²) in [6.45, 7) is 2.61. The smallest absolute Gasteiger partial charge is 0.220 e. The third kappa shape index (κ3) is 14.5. The average molecular weight is 442 g/mol. The molecule has 4 heteroatoms. The second-order valence-corrected chi connectivity index (χ2v) is 8.09. The second kappa shape index (κ2) is 19.2. The molecule has 0 fully saturated rings. The number of phenols is 1. The van der Waals surface area contributed by atoms with Crippen LogP contribution in [0.1, 0.15) is 89.5 Å². The zero-order chi connectivity index (χ0) is 23.3. The number of hydrogen-bond acceptors (Lipinski definition) is 3. The zero-order valence-corrected chi connectivity index (χ0v) is 20.2. The maximum Gasteiger partial charge on any atom is 0.220 e. The van der Waals surface area contributed by atoms with Gasteiger partial charge in [-0.25, -0.2) is 0 Å². The number of aromatic hydroxyl groups is 1. The lowest BCUT2D eigenvalue weighted by atomic mass is 10.1. The molecule has 1 amide bonds. The lowest BCUT2D eigenvalue weighted by Crippen LogP contribution is -2.22. The van der Waals surface area contributed by atoms with Crippen molar-refractivity contribution in [3.8, 4) is 11.5 Å². The molecule has 0 radical (unpaired) electrons. The molecule has 0 saturated carbocycles. The van der Waals surface area contributed by atoms with Crippen molar-refractivity contribution < 1.29 is 14.6 Å². The third-order valence-corrected chi connectivity index (χ3v) is 5.29. The number of benzene rings is 1. The SMILES string of the molecule is CCC=CCC=CCC=CCCCCCCCCCC(=O)NCc1ccc(O)c(OC)c1. The summed E-state index contributed by atoms with van der Waals surface area (Å²) in [7, 11) is 1.52. The number of methoxy groups -OCH3 is 1. The number of carbonyl (C=O) groups is 1. The summed E-state index contributed by atoms with van der Waals surface area (Å²) in [6, 6.07) is 5.12. The zero-order valence-electron chi connectivity index (χ0n) is 20.2. The molecule has 0 bridgehead atoms. The van der Waals surface area contributed by atoms with Gasteiger partial charge in [0.15, 0.2) is 11.5 Å². The van der Waals surface area contributed by atoms with E-state index in [2.05, 4.69) is 48.7 Å². The Kier molecular flexibility index (Phi) is 16.5. The van der Waals surface area contributed by atoms with Crippen molar-refractivity contribution in [2.24, 2.45) is 0 Å². The molecule has 0 saturated heterocycles. The van der Waals surface area contributed by atoms with E-state index in [-0.39, 0.29) is 11.7 Å². The molecule has 1 aromatic rings. The topological polar surface area (TPSA) is 58.6 Å². The summed E-state index contributed by atoms with van der Waals surface area (Å²) in [6.07, 6.45) is 26.8. The van der Waals surface area contributed by atoms with Crippen LogP contribution in [0.3, 0.4) is 0 Å². The van der Waals surface area contributed by atoms with E-state index < -0.39 is 0 Å². The van der Waals surface area contributed by atoms with Gasteiger partial charge in [-0.2, -0.15) is 0 Å². The van der Waals surface area contributed by atoms with Crippen molar-refractivity contribution in [1.82, 2.24) is 5.32 Å². The predicted molar refractivity (Wildman–Crippen MR) is 135 cm³/mol. The Labute approximate surface area is 195 Å². The van der Waals surface area contributed by atoms with Gasteiger partial charge in [0, 0.05) is 13.0 Å². The molecular weight excluding hydrogens is 398 g/mol. The number of unbranched alkanes of at least 4 members (excludes halogenated alkanes) is 7. The molecule has 0 aliphatic heterocycles. The van der Waals surface area contributed by atoms with Gasteiger partial charge in [0.2, 0.25) is 5.91 Å². The van der Waals surface area contributed by atoms with Crippen LogP contribution < -0.4 is 10.1 Å². The van der Waals surface area contributed by atoms with Crippen LogP contribution in [-0.4, -0.2) is 18.1 Å². The molecule has 4 nitrogen and oxygen atoms in total. The van der Waals surface area contributed by atoms with E-state index in [9.17, 15) is 9.90 Å². The van der Waals surface area contributed by atoms with Crippen LogP contribution in [-0.2, 0) is 11.3 Å². The maximum absolute atomic E-state index is 12.0. The predicted octanol–water partition coefficient (Wildman–Crippen LogP) is 7.39. The fourth-order valence-electron chi connectivity index (χ4n) is 3.38. The number of amides is 1. The molecule has 0 spiro atoms. The standard InChI is InChI=1S/C28H43NO3/c1-3-4-5-6-7-8-9-10-11-12-13-14-15-16-17-18-19-20-28(31)29-24-25-21-22-26(30)27(23-25)32-2/h4-5,7-8,10-11,21-23,30H,3,6,9,12-20,24H2,1-2H3,(H,29,31). The minimum atomic E-state index is 0.0797. The van der Waals surface area contributed by atoms with Gasteiger partial charge in [0.05, 0.1) is 7.11 Å². The van der Waals surface area contributed by atoms with Crippen molar-refractivity contribution in [3.63, 3.8) is 0 Å². The van der Waals surface area contributed by atoms with E-state index >= 15 is 0 Å².